The van der Waals surface area contributed by atoms with Gasteiger partial charge in [-0.1, -0.05) is 27.7 Å². The van der Waals surface area contributed by atoms with E-state index in [0.29, 0.717) is 0 Å². The normalized spacial score (nSPS) is 12.4. The van der Waals surface area contributed by atoms with E-state index in [9.17, 15) is 0 Å². The molecule has 0 spiro atoms. The maximum Gasteiger partial charge on any atom is 0.0106 e. The summed E-state index contributed by atoms with van der Waals surface area (Å²) in [5.74, 6) is 1.55. The van der Waals surface area contributed by atoms with Crippen LogP contribution in [0.25, 0.3) is 0 Å². The van der Waals surface area contributed by atoms with Gasteiger partial charge in [0.15, 0.2) is 0 Å². The van der Waals surface area contributed by atoms with Gasteiger partial charge in [-0.15, -0.1) is 0 Å². The fourth-order valence-electron chi connectivity index (χ4n) is 1.77. The summed E-state index contributed by atoms with van der Waals surface area (Å²) in [4.78, 5) is 4.84. The average molecular weight is 200 g/mol. The van der Waals surface area contributed by atoms with Crippen molar-refractivity contribution in [1.29, 1.82) is 0 Å². The van der Waals surface area contributed by atoms with Gasteiger partial charge in [0.25, 0.3) is 0 Å². The molecule has 0 rings (SSSR count). The Balaban J connectivity index is 3.50. The van der Waals surface area contributed by atoms with Gasteiger partial charge in [0.2, 0.25) is 0 Å². The highest BCUT2D eigenvalue weighted by atomic mass is 15.2. The highest BCUT2D eigenvalue weighted by Gasteiger charge is 2.05. The second kappa shape index (κ2) is 7.24. The van der Waals surface area contributed by atoms with Crippen LogP contribution in [0.1, 0.15) is 27.7 Å². The number of likely N-dealkylation sites (N-methyl/N-ethyl adjacent to an activating group) is 2. The van der Waals surface area contributed by atoms with Gasteiger partial charge in [-0.25, -0.2) is 0 Å². The van der Waals surface area contributed by atoms with Crippen molar-refractivity contribution in [1.82, 2.24) is 9.80 Å². The largest absolute Gasteiger partial charge is 0.305 e. The molecular weight excluding hydrogens is 172 g/mol. The molecule has 0 atom stereocenters. The molecule has 0 aliphatic carbocycles. The molecule has 0 N–H and O–H groups in total. The Morgan fingerprint density at radius 3 is 1.21 bits per heavy atom. The zero-order valence-electron chi connectivity index (χ0n) is 10.9. The third-order valence-corrected chi connectivity index (χ3v) is 2.22. The maximum absolute atomic E-state index is 2.42. The Hall–Kier alpha value is -0.0800. The standard InChI is InChI=1S/C12H28N2/c1-11(2)9-13(5)7-8-14(6)10-12(3)4/h11-12H,7-10H2,1-6H3. The minimum Gasteiger partial charge on any atom is -0.305 e. The van der Waals surface area contributed by atoms with E-state index in [1.807, 2.05) is 0 Å². The van der Waals surface area contributed by atoms with Crippen molar-refractivity contribution in [2.45, 2.75) is 27.7 Å². The minimum atomic E-state index is 0.774. The summed E-state index contributed by atoms with van der Waals surface area (Å²) in [5.41, 5.74) is 0. The van der Waals surface area contributed by atoms with Crippen molar-refractivity contribution >= 4 is 0 Å². The van der Waals surface area contributed by atoms with E-state index in [0.717, 1.165) is 11.8 Å². The summed E-state index contributed by atoms with van der Waals surface area (Å²) in [7, 11) is 4.42. The third kappa shape index (κ3) is 8.52. The van der Waals surface area contributed by atoms with Gasteiger partial charge in [0.05, 0.1) is 0 Å². The highest BCUT2D eigenvalue weighted by Crippen LogP contribution is 1.98. The molecule has 0 unspecified atom stereocenters. The van der Waals surface area contributed by atoms with Crippen molar-refractivity contribution in [3.05, 3.63) is 0 Å². The summed E-state index contributed by atoms with van der Waals surface area (Å²) in [5, 5.41) is 0. The average Bonchev–Trinajstić information content (AvgIpc) is 1.98. The van der Waals surface area contributed by atoms with Crippen LogP contribution in [0.2, 0.25) is 0 Å². The Morgan fingerprint density at radius 1 is 0.714 bits per heavy atom. The molecule has 0 fully saturated rings. The predicted octanol–water partition coefficient (Wildman–Crippen LogP) is 2.16. The lowest BCUT2D eigenvalue weighted by atomic mass is 10.2. The Morgan fingerprint density at radius 2 is 1.00 bits per heavy atom. The second-order valence-electron chi connectivity index (χ2n) is 5.31. The summed E-state index contributed by atoms with van der Waals surface area (Å²) in [6.07, 6.45) is 0. The lowest BCUT2D eigenvalue weighted by Crippen LogP contribution is -2.34. The van der Waals surface area contributed by atoms with Crippen molar-refractivity contribution in [2.75, 3.05) is 40.3 Å². The first-order chi connectivity index (χ1) is 6.41. The molecule has 2 heteroatoms. The molecule has 14 heavy (non-hydrogen) atoms. The van der Waals surface area contributed by atoms with Crippen LogP contribution in [-0.4, -0.2) is 50.1 Å². The van der Waals surface area contributed by atoms with Crippen LogP contribution in [0.4, 0.5) is 0 Å². The smallest absolute Gasteiger partial charge is 0.0106 e. The Bertz CT molecular complexity index is 116. The van der Waals surface area contributed by atoms with E-state index in [1.165, 1.54) is 26.2 Å². The molecular formula is C12H28N2. The second-order valence-corrected chi connectivity index (χ2v) is 5.31. The van der Waals surface area contributed by atoms with Gasteiger partial charge in [0, 0.05) is 26.2 Å². The van der Waals surface area contributed by atoms with Crippen LogP contribution in [0.3, 0.4) is 0 Å². The van der Waals surface area contributed by atoms with E-state index < -0.39 is 0 Å². The lowest BCUT2D eigenvalue weighted by molar-refractivity contribution is 0.227. The molecule has 0 bridgehead atoms. The molecule has 0 aliphatic heterocycles. The van der Waals surface area contributed by atoms with Crippen LogP contribution in [0, 0.1) is 11.8 Å². The van der Waals surface area contributed by atoms with Gasteiger partial charge in [-0.05, 0) is 25.9 Å². The summed E-state index contributed by atoms with van der Waals surface area (Å²) >= 11 is 0. The quantitative estimate of drug-likeness (QED) is 0.621. The molecule has 86 valence electrons. The monoisotopic (exact) mass is 200 g/mol. The Kier molecular flexibility index (Phi) is 7.20. The first-order valence-electron chi connectivity index (χ1n) is 5.79. The molecule has 0 aromatic heterocycles. The van der Waals surface area contributed by atoms with Crippen LogP contribution < -0.4 is 0 Å². The molecule has 0 saturated carbocycles. The van der Waals surface area contributed by atoms with E-state index in [4.69, 9.17) is 0 Å². The summed E-state index contributed by atoms with van der Waals surface area (Å²) in [6, 6.07) is 0. The van der Waals surface area contributed by atoms with Crippen LogP contribution in [0.5, 0.6) is 0 Å². The molecule has 0 amide bonds. The fraction of sp³-hybridized carbons (Fsp3) is 1.00. The molecule has 0 saturated heterocycles. The van der Waals surface area contributed by atoms with Gasteiger partial charge >= 0.3 is 0 Å². The van der Waals surface area contributed by atoms with E-state index in [-0.39, 0.29) is 0 Å². The topological polar surface area (TPSA) is 6.48 Å². The van der Waals surface area contributed by atoms with Gasteiger partial charge < -0.3 is 9.80 Å². The van der Waals surface area contributed by atoms with Crippen molar-refractivity contribution in [3.8, 4) is 0 Å². The SMILES string of the molecule is CC(C)CN(C)CCN(C)CC(C)C. The van der Waals surface area contributed by atoms with Crippen molar-refractivity contribution < 1.29 is 0 Å². The number of rotatable bonds is 7. The van der Waals surface area contributed by atoms with Gasteiger partial charge in [-0.2, -0.15) is 0 Å². The van der Waals surface area contributed by atoms with Crippen molar-refractivity contribution in [2.24, 2.45) is 11.8 Å². The summed E-state index contributed by atoms with van der Waals surface area (Å²) < 4.78 is 0. The number of hydrogen-bond acceptors (Lipinski definition) is 2. The van der Waals surface area contributed by atoms with Crippen LogP contribution in [-0.2, 0) is 0 Å². The zero-order valence-corrected chi connectivity index (χ0v) is 10.9. The Labute approximate surface area is 90.3 Å². The number of nitrogens with zero attached hydrogens (tertiary/aromatic N) is 2. The lowest BCUT2D eigenvalue weighted by Gasteiger charge is -2.24. The van der Waals surface area contributed by atoms with E-state index in [2.05, 4.69) is 51.6 Å². The van der Waals surface area contributed by atoms with Gasteiger partial charge in [-0.3, -0.25) is 0 Å². The minimum absolute atomic E-state index is 0.774. The van der Waals surface area contributed by atoms with Crippen molar-refractivity contribution in [3.63, 3.8) is 0 Å². The fourth-order valence-corrected chi connectivity index (χ4v) is 1.77. The molecule has 0 heterocycles. The summed E-state index contributed by atoms with van der Waals surface area (Å²) in [6.45, 7) is 13.9. The zero-order chi connectivity index (χ0) is 11.1. The molecule has 0 aromatic rings. The molecule has 0 radical (unpaired) electrons. The highest BCUT2D eigenvalue weighted by molar-refractivity contribution is 4.60. The third-order valence-electron chi connectivity index (χ3n) is 2.22. The predicted molar refractivity (Wildman–Crippen MR) is 64.7 cm³/mol. The van der Waals surface area contributed by atoms with Gasteiger partial charge in [0.1, 0.15) is 0 Å². The van der Waals surface area contributed by atoms with Crippen LogP contribution >= 0.6 is 0 Å². The number of hydrogen-bond donors (Lipinski definition) is 0. The molecule has 0 aliphatic rings. The first kappa shape index (κ1) is 13.9. The maximum atomic E-state index is 2.42. The first-order valence-corrected chi connectivity index (χ1v) is 5.79. The molecule has 0 aromatic carbocycles. The van der Waals surface area contributed by atoms with E-state index >= 15 is 0 Å². The van der Waals surface area contributed by atoms with E-state index in [1.54, 1.807) is 0 Å². The molecule has 2 nitrogen and oxygen atoms in total. The van der Waals surface area contributed by atoms with Crippen LogP contribution in [0.15, 0.2) is 0 Å².